The van der Waals surface area contributed by atoms with Gasteiger partial charge >= 0.3 is 0 Å². The monoisotopic (exact) mass is 468 g/mol. The van der Waals surface area contributed by atoms with Gasteiger partial charge < -0.3 is 72.5 Å². The molecule has 188 valence electrons. The summed E-state index contributed by atoms with van der Waals surface area (Å²) in [6.07, 6.45) is -13.9. The van der Waals surface area contributed by atoms with Crippen molar-refractivity contribution in [1.29, 1.82) is 0 Å². The molecule has 0 bridgehead atoms. The second-order valence-electron chi connectivity index (χ2n) is 8.85. The number of nitrogens with two attached hydrogens (primary N) is 4. The molecule has 0 radical (unpaired) electrons. The van der Waals surface area contributed by atoms with Gasteiger partial charge in [0.25, 0.3) is 0 Å². The minimum absolute atomic E-state index is 0.140. The summed E-state index contributed by atoms with van der Waals surface area (Å²) in [6.45, 7) is 0.989. The van der Waals surface area contributed by atoms with Gasteiger partial charge in [0.1, 0.15) is 48.8 Å². The van der Waals surface area contributed by atoms with Gasteiger partial charge in [-0.05, 0) is 13.3 Å². The first kappa shape index (κ1) is 26.1. The zero-order valence-corrected chi connectivity index (χ0v) is 17.7. The Labute approximate surface area is 185 Å². The van der Waals surface area contributed by atoms with E-state index < -0.39 is 98.3 Å². The molecule has 3 aliphatic rings. The average Bonchev–Trinajstić information content (AvgIpc) is 3.03. The molecule has 32 heavy (non-hydrogen) atoms. The fourth-order valence-corrected chi connectivity index (χ4v) is 4.36. The summed E-state index contributed by atoms with van der Waals surface area (Å²) >= 11 is 0. The summed E-state index contributed by atoms with van der Waals surface area (Å²) in [5.74, 6) is 0. The second-order valence-corrected chi connectivity index (χ2v) is 8.85. The minimum Gasteiger partial charge on any atom is -0.394 e. The summed E-state index contributed by atoms with van der Waals surface area (Å²) in [7, 11) is 0. The number of hydrogen-bond acceptors (Lipinski definition) is 14. The summed E-state index contributed by atoms with van der Waals surface area (Å²) in [5, 5.41) is 60.8. The number of aliphatic hydroxyl groups is 6. The number of ether oxygens (including phenoxy) is 4. The molecule has 2 aliphatic heterocycles. The third-order valence-electron chi connectivity index (χ3n) is 6.35. The lowest BCUT2D eigenvalue weighted by Gasteiger charge is -2.47. The molecule has 2 heterocycles. The Morgan fingerprint density at radius 3 is 2.00 bits per heavy atom. The Hall–Kier alpha value is -0.560. The number of hydrogen-bond donors (Lipinski definition) is 10. The summed E-state index contributed by atoms with van der Waals surface area (Å²) in [4.78, 5) is 0. The second kappa shape index (κ2) is 10.4. The number of aliphatic hydroxyl groups excluding tert-OH is 6. The molecule has 0 amide bonds. The first-order valence-corrected chi connectivity index (χ1v) is 10.6. The van der Waals surface area contributed by atoms with Crippen LogP contribution in [0, 0.1) is 0 Å². The predicted molar refractivity (Wildman–Crippen MR) is 106 cm³/mol. The molecule has 15 atom stereocenters. The van der Waals surface area contributed by atoms with Gasteiger partial charge in [-0.25, -0.2) is 0 Å². The zero-order valence-electron chi connectivity index (χ0n) is 17.7. The van der Waals surface area contributed by atoms with Gasteiger partial charge in [0.2, 0.25) is 0 Å². The number of rotatable bonds is 6. The molecule has 1 aliphatic carbocycles. The Morgan fingerprint density at radius 2 is 1.44 bits per heavy atom. The Balaban J connectivity index is 1.78. The van der Waals surface area contributed by atoms with E-state index in [9.17, 15) is 30.6 Å². The quantitative estimate of drug-likeness (QED) is 0.174. The van der Waals surface area contributed by atoms with Gasteiger partial charge in [-0.2, -0.15) is 0 Å². The van der Waals surface area contributed by atoms with Gasteiger partial charge in [0.15, 0.2) is 12.6 Å². The lowest BCUT2D eigenvalue weighted by Crippen LogP contribution is -2.68. The van der Waals surface area contributed by atoms with E-state index in [0.29, 0.717) is 0 Å². The average molecular weight is 469 g/mol. The molecule has 0 aromatic carbocycles. The largest absolute Gasteiger partial charge is 0.394 e. The van der Waals surface area contributed by atoms with Crippen LogP contribution in [0.1, 0.15) is 13.3 Å². The highest BCUT2D eigenvalue weighted by Gasteiger charge is 2.52. The maximum atomic E-state index is 10.7. The van der Waals surface area contributed by atoms with Crippen molar-refractivity contribution in [1.82, 2.24) is 0 Å². The molecule has 14 heteroatoms. The topological polar surface area (TPSA) is 262 Å². The Kier molecular flexibility index (Phi) is 8.44. The highest BCUT2D eigenvalue weighted by Crippen LogP contribution is 2.32. The van der Waals surface area contributed by atoms with Crippen LogP contribution in [0.15, 0.2) is 0 Å². The van der Waals surface area contributed by atoms with Crippen molar-refractivity contribution in [3.8, 4) is 0 Å². The van der Waals surface area contributed by atoms with E-state index in [1.807, 2.05) is 0 Å². The molecule has 3 rings (SSSR count). The highest BCUT2D eigenvalue weighted by atomic mass is 16.7. The molecule has 14 nitrogen and oxygen atoms in total. The van der Waals surface area contributed by atoms with Crippen molar-refractivity contribution in [2.45, 2.75) is 105 Å². The molecular weight excluding hydrogens is 432 g/mol. The first-order valence-electron chi connectivity index (χ1n) is 10.6. The van der Waals surface area contributed by atoms with Crippen LogP contribution < -0.4 is 22.9 Å². The molecule has 0 spiro atoms. The van der Waals surface area contributed by atoms with E-state index in [4.69, 9.17) is 41.9 Å². The predicted octanol–water partition coefficient (Wildman–Crippen LogP) is -6.26. The van der Waals surface area contributed by atoms with E-state index >= 15 is 0 Å². The summed E-state index contributed by atoms with van der Waals surface area (Å²) in [6, 6.07) is -3.39. The lowest BCUT2D eigenvalue weighted by atomic mass is 9.84. The third kappa shape index (κ3) is 4.94. The molecule has 0 aromatic heterocycles. The third-order valence-corrected chi connectivity index (χ3v) is 6.35. The van der Waals surface area contributed by atoms with E-state index in [2.05, 4.69) is 0 Å². The van der Waals surface area contributed by atoms with E-state index in [-0.39, 0.29) is 6.42 Å². The summed E-state index contributed by atoms with van der Waals surface area (Å²) < 4.78 is 22.7. The van der Waals surface area contributed by atoms with Crippen LogP contribution in [0.2, 0.25) is 0 Å². The van der Waals surface area contributed by atoms with Gasteiger partial charge in [-0.15, -0.1) is 0 Å². The molecule has 5 unspecified atom stereocenters. The summed E-state index contributed by atoms with van der Waals surface area (Å²) in [5.41, 5.74) is 23.9. The van der Waals surface area contributed by atoms with Crippen molar-refractivity contribution >= 4 is 0 Å². The van der Waals surface area contributed by atoms with Crippen molar-refractivity contribution < 1.29 is 49.6 Å². The maximum Gasteiger partial charge on any atom is 0.187 e. The van der Waals surface area contributed by atoms with Crippen LogP contribution in [0.25, 0.3) is 0 Å². The molecule has 1 saturated carbocycles. The van der Waals surface area contributed by atoms with E-state index in [1.165, 1.54) is 0 Å². The lowest BCUT2D eigenvalue weighted by molar-refractivity contribution is -0.310. The minimum atomic E-state index is -1.46. The molecular formula is C18H36N4O10. The highest BCUT2D eigenvalue weighted by molar-refractivity contribution is 5.01. The van der Waals surface area contributed by atoms with Gasteiger partial charge in [-0.3, -0.25) is 0 Å². The van der Waals surface area contributed by atoms with Crippen LogP contribution in [-0.2, 0) is 18.9 Å². The van der Waals surface area contributed by atoms with Crippen LogP contribution in [-0.4, -0.2) is 129 Å². The molecule has 0 aromatic rings. The Bertz CT molecular complexity index is 618. The standard InChI is InChI=1S/C18H36N4O10/c1-4(19)14-12(27)13(28)18(30-14)32-16-9(24)5(20)2-6(21)15(16)31-17-8(22)11(26)10(25)7(3-23)29-17/h4-18,23-28H,2-3,19-22H2,1H3/t4-,5+,6?,7?,8?,9+,10+,11+,12?,13-,14+,15+,16?,17+,18-/m0/s1. The SMILES string of the molecule is C[C@H](N)[C@H]1O[C@@H](OC2[C@H](O[C@H]3OC(CO)[C@@H](O)[C@H](O)C3N)C(N)C[C@@H](N)[C@H]2O)[C@@H](O)C1O. The van der Waals surface area contributed by atoms with Crippen LogP contribution in [0.5, 0.6) is 0 Å². The fraction of sp³-hybridized carbons (Fsp3) is 1.00. The van der Waals surface area contributed by atoms with Crippen molar-refractivity contribution in [2.75, 3.05) is 6.61 Å². The molecule has 3 fully saturated rings. The van der Waals surface area contributed by atoms with Gasteiger partial charge in [0, 0.05) is 18.1 Å². The van der Waals surface area contributed by atoms with Crippen LogP contribution in [0.3, 0.4) is 0 Å². The Morgan fingerprint density at radius 1 is 0.812 bits per heavy atom. The van der Waals surface area contributed by atoms with E-state index in [0.717, 1.165) is 0 Å². The van der Waals surface area contributed by atoms with Gasteiger partial charge in [-0.1, -0.05) is 0 Å². The fourth-order valence-electron chi connectivity index (χ4n) is 4.36. The van der Waals surface area contributed by atoms with E-state index in [1.54, 1.807) is 6.92 Å². The van der Waals surface area contributed by atoms with Crippen molar-refractivity contribution in [3.63, 3.8) is 0 Å². The first-order chi connectivity index (χ1) is 15.0. The van der Waals surface area contributed by atoms with Crippen LogP contribution >= 0.6 is 0 Å². The maximum absolute atomic E-state index is 10.7. The smallest absolute Gasteiger partial charge is 0.187 e. The van der Waals surface area contributed by atoms with Crippen LogP contribution in [0.4, 0.5) is 0 Å². The molecule has 2 saturated heterocycles. The normalized spacial score (nSPS) is 53.3. The van der Waals surface area contributed by atoms with Gasteiger partial charge in [0.05, 0.1) is 18.8 Å². The molecule has 14 N–H and O–H groups in total. The van der Waals surface area contributed by atoms with Crippen molar-refractivity contribution in [2.24, 2.45) is 22.9 Å². The van der Waals surface area contributed by atoms with Crippen molar-refractivity contribution in [3.05, 3.63) is 0 Å². The zero-order chi connectivity index (χ0) is 23.9.